The second-order valence-electron chi connectivity index (χ2n) is 3.75. The minimum Gasteiger partial charge on any atom is -0.506 e. The van der Waals surface area contributed by atoms with E-state index >= 15 is 0 Å². The summed E-state index contributed by atoms with van der Waals surface area (Å²) < 4.78 is 0. The Balaban J connectivity index is 2.01. The van der Waals surface area contributed by atoms with E-state index < -0.39 is 6.03 Å². The number of benzene rings is 2. The minimum absolute atomic E-state index is 0.0367. The summed E-state index contributed by atoms with van der Waals surface area (Å²) in [5.74, 6) is -0.0367. The van der Waals surface area contributed by atoms with Crippen molar-refractivity contribution in [2.45, 2.75) is 0 Å². The molecule has 0 bridgehead atoms. The third kappa shape index (κ3) is 3.77. The van der Waals surface area contributed by atoms with Gasteiger partial charge in [-0.05, 0) is 42.5 Å². The maximum Gasteiger partial charge on any atom is 0.323 e. The van der Waals surface area contributed by atoms with E-state index in [1.54, 1.807) is 30.3 Å². The number of hydrogen-bond donors (Lipinski definition) is 3. The number of amides is 2. The lowest BCUT2D eigenvalue weighted by molar-refractivity contribution is 0.262. The molecule has 0 aliphatic heterocycles. The van der Waals surface area contributed by atoms with Crippen LogP contribution < -0.4 is 10.6 Å². The molecule has 2 aromatic carbocycles. The fourth-order valence-corrected chi connectivity index (χ4v) is 1.72. The smallest absolute Gasteiger partial charge is 0.323 e. The average molecular weight is 297 g/mol. The summed E-state index contributed by atoms with van der Waals surface area (Å²) >= 11 is 11.5. The first-order valence-corrected chi connectivity index (χ1v) is 6.12. The molecule has 0 spiro atoms. The standard InChI is InChI=1S/C13H10Cl2N2O2/c14-8-1-3-9(4-2-8)16-13(19)17-10-5-6-12(18)11(15)7-10/h1-7,18H,(H2,16,17,19). The summed E-state index contributed by atoms with van der Waals surface area (Å²) in [5, 5.41) is 15.3. The summed E-state index contributed by atoms with van der Waals surface area (Å²) in [6.07, 6.45) is 0. The number of hydrogen-bond acceptors (Lipinski definition) is 2. The molecule has 0 unspecified atom stereocenters. The number of halogens is 2. The molecule has 98 valence electrons. The maximum absolute atomic E-state index is 11.7. The summed E-state index contributed by atoms with van der Waals surface area (Å²) in [7, 11) is 0. The molecule has 0 saturated carbocycles. The van der Waals surface area contributed by atoms with Crippen LogP contribution in [0.1, 0.15) is 0 Å². The summed E-state index contributed by atoms with van der Waals surface area (Å²) in [6, 6.07) is 10.7. The third-order valence-corrected chi connectivity index (χ3v) is 2.86. The highest BCUT2D eigenvalue weighted by Crippen LogP contribution is 2.26. The van der Waals surface area contributed by atoms with Crippen molar-refractivity contribution in [3.63, 3.8) is 0 Å². The van der Waals surface area contributed by atoms with Crippen LogP contribution >= 0.6 is 23.2 Å². The van der Waals surface area contributed by atoms with Crippen molar-refractivity contribution in [2.24, 2.45) is 0 Å². The van der Waals surface area contributed by atoms with Crippen molar-refractivity contribution in [1.82, 2.24) is 0 Å². The fraction of sp³-hybridized carbons (Fsp3) is 0. The molecule has 0 saturated heterocycles. The molecule has 2 amide bonds. The van der Waals surface area contributed by atoms with Crippen LogP contribution in [0, 0.1) is 0 Å². The molecule has 0 aliphatic rings. The Morgan fingerprint density at radius 2 is 1.53 bits per heavy atom. The molecule has 4 nitrogen and oxygen atoms in total. The van der Waals surface area contributed by atoms with Crippen LogP contribution in [0.3, 0.4) is 0 Å². The Bertz CT molecular complexity index is 600. The molecule has 0 radical (unpaired) electrons. The van der Waals surface area contributed by atoms with Crippen LogP contribution in [0.4, 0.5) is 16.2 Å². The number of aromatic hydroxyl groups is 1. The van der Waals surface area contributed by atoms with E-state index in [9.17, 15) is 9.90 Å². The van der Waals surface area contributed by atoms with Crippen LogP contribution in [0.2, 0.25) is 10.0 Å². The lowest BCUT2D eigenvalue weighted by atomic mass is 10.3. The highest BCUT2D eigenvalue weighted by atomic mass is 35.5. The second-order valence-corrected chi connectivity index (χ2v) is 4.60. The van der Waals surface area contributed by atoms with Crippen molar-refractivity contribution in [3.05, 3.63) is 52.5 Å². The quantitative estimate of drug-likeness (QED) is 0.722. The van der Waals surface area contributed by atoms with Crippen LogP contribution in [-0.4, -0.2) is 11.1 Å². The Labute approximate surface area is 120 Å². The lowest BCUT2D eigenvalue weighted by Gasteiger charge is -2.08. The zero-order valence-electron chi connectivity index (χ0n) is 9.65. The molecular weight excluding hydrogens is 287 g/mol. The largest absolute Gasteiger partial charge is 0.506 e. The Morgan fingerprint density at radius 1 is 0.947 bits per heavy atom. The maximum atomic E-state index is 11.7. The predicted molar refractivity (Wildman–Crippen MR) is 77.2 cm³/mol. The molecule has 6 heteroatoms. The number of phenolic OH excluding ortho intramolecular Hbond substituents is 1. The van der Waals surface area contributed by atoms with E-state index in [1.165, 1.54) is 12.1 Å². The van der Waals surface area contributed by atoms with Crippen LogP contribution in [0.25, 0.3) is 0 Å². The number of anilines is 2. The SMILES string of the molecule is O=C(Nc1ccc(Cl)cc1)Nc1ccc(O)c(Cl)c1. The number of rotatable bonds is 2. The number of carbonyl (C=O) groups is 1. The van der Waals surface area contributed by atoms with Crippen molar-refractivity contribution in [1.29, 1.82) is 0 Å². The van der Waals surface area contributed by atoms with Gasteiger partial charge in [0.15, 0.2) is 0 Å². The number of nitrogens with one attached hydrogen (secondary N) is 2. The van der Waals surface area contributed by atoms with E-state index in [2.05, 4.69) is 10.6 Å². The van der Waals surface area contributed by atoms with Gasteiger partial charge in [0.05, 0.1) is 5.02 Å². The van der Waals surface area contributed by atoms with E-state index in [0.717, 1.165) is 0 Å². The molecule has 0 atom stereocenters. The molecule has 0 aromatic heterocycles. The van der Waals surface area contributed by atoms with Gasteiger partial charge in [-0.3, -0.25) is 0 Å². The highest BCUT2D eigenvalue weighted by Gasteiger charge is 2.05. The van der Waals surface area contributed by atoms with Crippen molar-refractivity contribution in [3.8, 4) is 5.75 Å². The molecular formula is C13H10Cl2N2O2. The zero-order valence-corrected chi connectivity index (χ0v) is 11.2. The molecule has 3 N–H and O–H groups in total. The number of phenols is 1. The Kier molecular flexibility index (Phi) is 4.14. The summed E-state index contributed by atoms with van der Waals surface area (Å²) in [4.78, 5) is 11.7. The van der Waals surface area contributed by atoms with Gasteiger partial charge in [0.1, 0.15) is 5.75 Å². The van der Waals surface area contributed by atoms with Crippen molar-refractivity contribution >= 4 is 40.6 Å². The van der Waals surface area contributed by atoms with Gasteiger partial charge in [-0.25, -0.2) is 4.79 Å². The Hall–Kier alpha value is -1.91. The van der Waals surface area contributed by atoms with Crippen molar-refractivity contribution in [2.75, 3.05) is 10.6 Å². The van der Waals surface area contributed by atoms with E-state index in [-0.39, 0.29) is 10.8 Å². The van der Waals surface area contributed by atoms with E-state index in [4.69, 9.17) is 23.2 Å². The lowest BCUT2D eigenvalue weighted by Crippen LogP contribution is -2.19. The van der Waals surface area contributed by atoms with Crippen LogP contribution in [-0.2, 0) is 0 Å². The second kappa shape index (κ2) is 5.82. The topological polar surface area (TPSA) is 61.4 Å². The number of carbonyl (C=O) groups excluding carboxylic acids is 1. The van der Waals surface area contributed by atoms with Gasteiger partial charge in [-0.1, -0.05) is 23.2 Å². The van der Waals surface area contributed by atoms with Gasteiger partial charge in [-0.2, -0.15) is 0 Å². The third-order valence-electron chi connectivity index (χ3n) is 2.31. The van der Waals surface area contributed by atoms with Crippen LogP contribution in [0.15, 0.2) is 42.5 Å². The van der Waals surface area contributed by atoms with Gasteiger partial charge in [0.25, 0.3) is 0 Å². The minimum atomic E-state index is -0.413. The molecule has 2 aromatic rings. The van der Waals surface area contributed by atoms with E-state index in [1.807, 2.05) is 0 Å². The summed E-state index contributed by atoms with van der Waals surface area (Å²) in [6.45, 7) is 0. The zero-order chi connectivity index (χ0) is 13.8. The Morgan fingerprint density at radius 3 is 2.16 bits per heavy atom. The van der Waals surface area contributed by atoms with Gasteiger partial charge in [0, 0.05) is 16.4 Å². The molecule has 0 fully saturated rings. The first kappa shape index (κ1) is 13.5. The fourth-order valence-electron chi connectivity index (χ4n) is 1.41. The number of urea groups is 1. The molecule has 0 aliphatic carbocycles. The highest BCUT2D eigenvalue weighted by molar-refractivity contribution is 6.32. The predicted octanol–water partition coefficient (Wildman–Crippen LogP) is 4.34. The molecule has 19 heavy (non-hydrogen) atoms. The first-order valence-electron chi connectivity index (χ1n) is 5.37. The van der Waals surface area contributed by atoms with Gasteiger partial charge in [-0.15, -0.1) is 0 Å². The van der Waals surface area contributed by atoms with Crippen molar-refractivity contribution < 1.29 is 9.90 Å². The van der Waals surface area contributed by atoms with E-state index in [0.29, 0.717) is 16.4 Å². The average Bonchev–Trinajstić information content (AvgIpc) is 2.37. The summed E-state index contributed by atoms with van der Waals surface area (Å²) in [5.41, 5.74) is 1.10. The first-order chi connectivity index (χ1) is 9.04. The molecule has 2 rings (SSSR count). The molecule has 0 heterocycles. The normalized spacial score (nSPS) is 10.0. The monoisotopic (exact) mass is 296 g/mol. The van der Waals surface area contributed by atoms with Gasteiger partial charge < -0.3 is 15.7 Å². The van der Waals surface area contributed by atoms with Gasteiger partial charge in [0.2, 0.25) is 0 Å². The van der Waals surface area contributed by atoms with Gasteiger partial charge >= 0.3 is 6.03 Å². The van der Waals surface area contributed by atoms with Crippen LogP contribution in [0.5, 0.6) is 5.75 Å².